The second-order valence-electron chi connectivity index (χ2n) is 7.65. The van der Waals surface area contributed by atoms with Crippen LogP contribution in [0, 0.1) is 22.7 Å². The third kappa shape index (κ3) is 2.75. The van der Waals surface area contributed by atoms with Gasteiger partial charge in [-0.1, -0.05) is 3.89 Å². The molecule has 9 heteroatoms. The van der Waals surface area contributed by atoms with E-state index in [1.54, 1.807) is 0 Å². The van der Waals surface area contributed by atoms with Crippen molar-refractivity contribution in [1.29, 1.82) is 0 Å². The average Bonchev–Trinajstić information content (AvgIpc) is 2.42. The molecular weight excluding hydrogens is 337 g/mol. The number of halogens is 3. The zero-order valence-corrected chi connectivity index (χ0v) is 13.3. The quantitative estimate of drug-likeness (QED) is 0.602. The Hall–Kier alpha value is -0.830. The molecule has 5 nitrogen and oxygen atoms in total. The predicted octanol–water partition coefficient (Wildman–Crippen LogP) is 2.00. The van der Waals surface area contributed by atoms with Gasteiger partial charge in [0, 0.05) is 12.0 Å². The Bertz CT molecular complexity index is 604. The van der Waals surface area contributed by atoms with Crippen LogP contribution in [0.3, 0.4) is 0 Å². The lowest BCUT2D eigenvalue weighted by atomic mass is 9.44. The van der Waals surface area contributed by atoms with E-state index in [4.69, 9.17) is 0 Å². The third-order valence-corrected chi connectivity index (χ3v) is 6.47. The summed E-state index contributed by atoms with van der Waals surface area (Å²) in [5.41, 5.74) is -0.774. The van der Waals surface area contributed by atoms with Crippen LogP contribution in [0.25, 0.3) is 0 Å². The van der Waals surface area contributed by atoms with Crippen molar-refractivity contribution in [3.63, 3.8) is 0 Å². The smallest absolute Gasteiger partial charge is 0.460 e. The van der Waals surface area contributed by atoms with Crippen LogP contribution < -0.4 is 0 Å². The first-order valence-electron chi connectivity index (χ1n) is 7.61. The summed E-state index contributed by atoms with van der Waals surface area (Å²) in [4.78, 5) is 11.3. The number of aliphatic hydroxyl groups excluding tert-OH is 1. The van der Waals surface area contributed by atoms with Crippen LogP contribution in [0.5, 0.6) is 0 Å². The highest BCUT2D eigenvalue weighted by molar-refractivity contribution is 7.88. The average molecular weight is 356 g/mol. The molecule has 2 atom stereocenters. The van der Waals surface area contributed by atoms with E-state index in [-0.39, 0.29) is 18.6 Å². The minimum atomic E-state index is -6.34. The molecule has 4 aliphatic carbocycles. The molecule has 0 aliphatic heterocycles. The minimum absolute atomic E-state index is 0.00468. The molecule has 0 aromatic rings. The molecule has 0 amide bonds. The number of hydrogen-bond donors (Lipinski definition) is 1. The Morgan fingerprint density at radius 1 is 1.17 bits per heavy atom. The topological polar surface area (TPSA) is 80.7 Å². The van der Waals surface area contributed by atoms with Crippen LogP contribution in [0.1, 0.15) is 38.5 Å². The molecule has 23 heavy (non-hydrogen) atoms. The van der Waals surface area contributed by atoms with E-state index in [1.165, 1.54) is 0 Å². The maximum atomic E-state index is 13.1. The number of aliphatic hydroxyl groups is 1. The van der Waals surface area contributed by atoms with Crippen molar-refractivity contribution >= 4 is 16.2 Å². The molecule has 132 valence electrons. The van der Waals surface area contributed by atoms with Crippen molar-refractivity contribution in [2.45, 2.75) is 43.8 Å². The Morgan fingerprint density at radius 3 is 2.17 bits per heavy atom. The van der Waals surface area contributed by atoms with Crippen LogP contribution in [0.4, 0.5) is 12.7 Å². The van der Waals surface area contributed by atoms with E-state index >= 15 is 0 Å². The van der Waals surface area contributed by atoms with E-state index < -0.39 is 26.9 Å². The van der Waals surface area contributed by atoms with Crippen molar-refractivity contribution in [2.75, 3.05) is 13.2 Å². The van der Waals surface area contributed by atoms with Gasteiger partial charge in [-0.05, 0) is 55.8 Å². The zero-order valence-electron chi connectivity index (χ0n) is 12.4. The third-order valence-electron chi connectivity index (χ3n) is 5.69. The second-order valence-corrected chi connectivity index (χ2v) is 9.04. The Morgan fingerprint density at radius 2 is 1.70 bits per heavy atom. The lowest BCUT2D eigenvalue weighted by Crippen LogP contribution is -2.55. The van der Waals surface area contributed by atoms with Crippen molar-refractivity contribution in [3.8, 4) is 0 Å². The lowest BCUT2D eigenvalue weighted by Gasteiger charge is -2.61. The highest BCUT2D eigenvalue weighted by Gasteiger charge is 2.60. The fraction of sp³-hybridized carbons (Fsp3) is 0.929. The van der Waals surface area contributed by atoms with Gasteiger partial charge >= 0.3 is 21.4 Å². The van der Waals surface area contributed by atoms with Crippen molar-refractivity contribution < 1.29 is 35.7 Å². The molecule has 0 spiro atoms. The van der Waals surface area contributed by atoms with Gasteiger partial charge in [-0.25, -0.2) is 4.79 Å². The first-order chi connectivity index (χ1) is 10.5. The van der Waals surface area contributed by atoms with Gasteiger partial charge in [0.25, 0.3) is 0 Å². The van der Waals surface area contributed by atoms with E-state index in [0.717, 1.165) is 19.3 Å². The molecule has 0 aromatic carbocycles. The molecule has 0 heterocycles. The summed E-state index contributed by atoms with van der Waals surface area (Å²) in [6.45, 7) is -0.351. The number of esters is 1. The molecular formula is C14H19F3O5S. The summed E-state index contributed by atoms with van der Waals surface area (Å²) in [5.74, 6) is -1.66. The number of ether oxygens (including phenoxy) is 1. The van der Waals surface area contributed by atoms with E-state index in [0.29, 0.717) is 31.1 Å². The summed E-state index contributed by atoms with van der Waals surface area (Å²) >= 11 is 0. The highest BCUT2D eigenvalue weighted by Crippen LogP contribution is 2.65. The minimum Gasteiger partial charge on any atom is -0.460 e. The van der Waals surface area contributed by atoms with Crippen LogP contribution in [-0.2, 0) is 19.8 Å². The number of alkyl halides is 2. The normalized spacial score (nSPS) is 39.5. The van der Waals surface area contributed by atoms with Gasteiger partial charge in [0.05, 0.1) is 6.61 Å². The van der Waals surface area contributed by atoms with Crippen LogP contribution in [0.15, 0.2) is 0 Å². The summed E-state index contributed by atoms with van der Waals surface area (Å²) in [5, 5.41) is 4.53. The van der Waals surface area contributed by atoms with Gasteiger partial charge in [-0.2, -0.15) is 17.2 Å². The second kappa shape index (κ2) is 5.08. The Labute approximate surface area is 132 Å². The summed E-state index contributed by atoms with van der Waals surface area (Å²) < 4.78 is 64.0. The Balaban J connectivity index is 1.72. The summed E-state index contributed by atoms with van der Waals surface area (Å²) in [6.07, 6.45) is 4.74. The van der Waals surface area contributed by atoms with Gasteiger partial charge in [-0.3, -0.25) is 0 Å². The van der Waals surface area contributed by atoms with Crippen molar-refractivity contribution in [3.05, 3.63) is 0 Å². The molecule has 4 rings (SSSR count). The fourth-order valence-electron chi connectivity index (χ4n) is 5.41. The predicted molar refractivity (Wildman–Crippen MR) is 72.6 cm³/mol. The fourth-order valence-corrected chi connectivity index (χ4v) is 5.66. The molecule has 0 saturated heterocycles. The number of carbonyl (C=O) groups is 1. The monoisotopic (exact) mass is 356 g/mol. The highest BCUT2D eigenvalue weighted by atomic mass is 32.3. The first-order valence-corrected chi connectivity index (χ1v) is 8.99. The SMILES string of the molecule is O=C(OCC12CC3CC(CC(CO)(C3)C1)C2)C(F)(F)S(=O)(=O)F. The van der Waals surface area contributed by atoms with Crippen LogP contribution in [-0.4, -0.2) is 38.0 Å². The molecule has 1 N–H and O–H groups in total. The van der Waals surface area contributed by atoms with Gasteiger partial charge in [-0.15, -0.1) is 0 Å². The van der Waals surface area contributed by atoms with Crippen LogP contribution >= 0.6 is 0 Å². The maximum absolute atomic E-state index is 13.1. The molecule has 0 radical (unpaired) electrons. The number of rotatable bonds is 5. The number of hydrogen-bond acceptors (Lipinski definition) is 5. The van der Waals surface area contributed by atoms with Crippen molar-refractivity contribution in [2.24, 2.45) is 22.7 Å². The summed E-state index contributed by atoms with van der Waals surface area (Å²) in [6, 6.07) is 0. The molecule has 2 unspecified atom stereocenters. The van der Waals surface area contributed by atoms with Crippen molar-refractivity contribution in [1.82, 2.24) is 0 Å². The van der Waals surface area contributed by atoms with Gasteiger partial charge in [0.15, 0.2) is 0 Å². The molecule has 4 fully saturated rings. The maximum Gasteiger partial charge on any atom is 0.470 e. The molecule has 0 aromatic heterocycles. The van der Waals surface area contributed by atoms with Gasteiger partial charge < -0.3 is 9.84 Å². The Kier molecular flexibility index (Phi) is 3.76. The standard InChI is InChI=1S/C14H19F3O5S/c15-14(16,23(17,20)21)11(19)22-8-13-4-9-1-10(5-13)3-12(2-9,6-13)7-18/h9-10,18H,1-8H2. The van der Waals surface area contributed by atoms with E-state index in [1.807, 2.05) is 0 Å². The van der Waals surface area contributed by atoms with Crippen LogP contribution in [0.2, 0.25) is 0 Å². The van der Waals surface area contributed by atoms with Gasteiger partial charge in [0.1, 0.15) is 0 Å². The first kappa shape index (κ1) is 17.0. The lowest BCUT2D eigenvalue weighted by molar-refractivity contribution is -0.181. The van der Waals surface area contributed by atoms with E-state index in [2.05, 4.69) is 4.74 Å². The largest absolute Gasteiger partial charge is 0.470 e. The molecule has 4 aliphatic rings. The number of carbonyl (C=O) groups excluding carboxylic acids is 1. The summed E-state index contributed by atoms with van der Waals surface area (Å²) in [7, 11) is -6.34. The van der Waals surface area contributed by atoms with Gasteiger partial charge in [0.2, 0.25) is 0 Å². The molecule has 4 bridgehead atoms. The zero-order chi connectivity index (χ0) is 17.1. The van der Waals surface area contributed by atoms with E-state index in [9.17, 15) is 31.0 Å². The molecule has 4 saturated carbocycles.